The molecular weight excluding hydrogens is 272 g/mol. The smallest absolute Gasteiger partial charge is 0.266 e. The van der Waals surface area contributed by atoms with E-state index in [0.717, 1.165) is 16.3 Å². The molecule has 0 aliphatic rings. The van der Waals surface area contributed by atoms with Gasteiger partial charge in [-0.15, -0.1) is 0 Å². The van der Waals surface area contributed by atoms with E-state index in [0.29, 0.717) is 0 Å². The molecule has 0 aliphatic heterocycles. The van der Waals surface area contributed by atoms with E-state index in [2.05, 4.69) is 0 Å². The summed E-state index contributed by atoms with van der Waals surface area (Å²) in [7, 11) is -3.70. The van der Waals surface area contributed by atoms with E-state index in [-0.39, 0.29) is 16.9 Å². The number of rotatable bonds is 3. The maximum atomic E-state index is 12.2. The Balaban J connectivity index is 2.38. The number of hydrogen-bond acceptors (Lipinski definition) is 3. The molecule has 0 saturated carbocycles. The van der Waals surface area contributed by atoms with Crippen molar-refractivity contribution in [3.05, 3.63) is 42.0 Å². The van der Waals surface area contributed by atoms with Crippen molar-refractivity contribution in [3.63, 3.8) is 0 Å². The van der Waals surface area contributed by atoms with Gasteiger partial charge in [-0.25, -0.2) is 0 Å². The van der Waals surface area contributed by atoms with Gasteiger partial charge in [0.25, 0.3) is 10.1 Å². The van der Waals surface area contributed by atoms with E-state index < -0.39 is 10.1 Å². The quantitative estimate of drug-likeness (QED) is 0.806. The van der Waals surface area contributed by atoms with Crippen LogP contribution in [0.2, 0.25) is 0 Å². The molecule has 0 saturated heterocycles. The Morgan fingerprint density at radius 1 is 1.10 bits per heavy atom. The third-order valence-corrected chi connectivity index (χ3v) is 4.27. The summed E-state index contributed by atoms with van der Waals surface area (Å²) in [6.07, 6.45) is 0. The van der Waals surface area contributed by atoms with Crippen LogP contribution in [0.1, 0.15) is 26.3 Å². The molecule has 0 amide bonds. The van der Waals surface area contributed by atoms with E-state index in [1.807, 2.05) is 52.0 Å². The second kappa shape index (κ2) is 5.19. The van der Waals surface area contributed by atoms with Crippen molar-refractivity contribution in [2.45, 2.75) is 32.6 Å². The Morgan fingerprint density at radius 2 is 1.80 bits per heavy atom. The van der Waals surface area contributed by atoms with Gasteiger partial charge in [0.1, 0.15) is 0 Å². The Labute approximate surface area is 120 Å². The molecule has 0 spiro atoms. The fourth-order valence-electron chi connectivity index (χ4n) is 1.90. The highest BCUT2D eigenvalue weighted by Crippen LogP contribution is 2.24. The molecule has 0 N–H and O–H groups in total. The normalized spacial score (nSPS) is 12.8. The van der Waals surface area contributed by atoms with Crippen LogP contribution in [0.5, 0.6) is 0 Å². The zero-order valence-electron chi connectivity index (χ0n) is 12.3. The number of aryl methyl sites for hydroxylation is 1. The molecule has 4 heteroatoms. The van der Waals surface area contributed by atoms with Crippen LogP contribution in [0, 0.1) is 12.3 Å². The number of hydrogen-bond donors (Lipinski definition) is 0. The molecule has 20 heavy (non-hydrogen) atoms. The number of fused-ring (bicyclic) bond motifs is 1. The van der Waals surface area contributed by atoms with Crippen LogP contribution >= 0.6 is 0 Å². The summed E-state index contributed by atoms with van der Waals surface area (Å²) >= 11 is 0. The minimum absolute atomic E-state index is 0.168. The standard InChI is InChI=1S/C16H20O3S/c1-12-6-5-7-13-10-14(8-9-15(12)13)20(17,18)19-11-16(2,3)4/h5-10H,11H2,1-4H3. The molecule has 0 atom stereocenters. The molecule has 0 heterocycles. The van der Waals surface area contributed by atoms with Gasteiger partial charge in [-0.1, -0.05) is 45.0 Å². The van der Waals surface area contributed by atoms with Crippen LogP contribution in [0.15, 0.2) is 41.3 Å². The molecule has 0 fully saturated rings. The highest BCUT2D eigenvalue weighted by atomic mass is 32.2. The number of benzene rings is 2. The predicted molar refractivity (Wildman–Crippen MR) is 81.3 cm³/mol. The highest BCUT2D eigenvalue weighted by molar-refractivity contribution is 7.86. The van der Waals surface area contributed by atoms with Gasteiger partial charge in [-0.05, 0) is 40.8 Å². The maximum absolute atomic E-state index is 12.2. The second-order valence-electron chi connectivity index (χ2n) is 6.23. The van der Waals surface area contributed by atoms with Crippen LogP contribution in [0.3, 0.4) is 0 Å². The SMILES string of the molecule is Cc1cccc2cc(S(=O)(=O)OCC(C)(C)C)ccc12. The van der Waals surface area contributed by atoms with E-state index in [1.54, 1.807) is 12.1 Å². The molecule has 2 rings (SSSR count). The Hall–Kier alpha value is -1.39. The average Bonchev–Trinajstić information content (AvgIpc) is 2.36. The van der Waals surface area contributed by atoms with Gasteiger partial charge in [0, 0.05) is 0 Å². The van der Waals surface area contributed by atoms with Crippen molar-refractivity contribution in [2.24, 2.45) is 5.41 Å². The van der Waals surface area contributed by atoms with Crippen molar-refractivity contribution >= 4 is 20.9 Å². The van der Waals surface area contributed by atoms with Crippen molar-refractivity contribution in [1.82, 2.24) is 0 Å². The van der Waals surface area contributed by atoms with Gasteiger partial charge < -0.3 is 0 Å². The summed E-state index contributed by atoms with van der Waals surface area (Å²) < 4.78 is 29.5. The Morgan fingerprint density at radius 3 is 2.45 bits per heavy atom. The summed E-state index contributed by atoms with van der Waals surface area (Å²) in [4.78, 5) is 0.208. The molecule has 0 bridgehead atoms. The first-order chi connectivity index (χ1) is 9.19. The lowest BCUT2D eigenvalue weighted by Gasteiger charge is -2.17. The van der Waals surface area contributed by atoms with Gasteiger partial charge in [0.2, 0.25) is 0 Å². The predicted octanol–water partition coefficient (Wildman–Crippen LogP) is 3.90. The lowest BCUT2D eigenvalue weighted by Crippen LogP contribution is -2.18. The third-order valence-electron chi connectivity index (χ3n) is 3.01. The van der Waals surface area contributed by atoms with Crippen LogP contribution in [0.4, 0.5) is 0 Å². The van der Waals surface area contributed by atoms with E-state index in [1.165, 1.54) is 0 Å². The minimum Gasteiger partial charge on any atom is -0.266 e. The van der Waals surface area contributed by atoms with Gasteiger partial charge in [0.05, 0.1) is 11.5 Å². The lowest BCUT2D eigenvalue weighted by atomic mass is 9.99. The monoisotopic (exact) mass is 292 g/mol. The molecule has 0 aliphatic carbocycles. The highest BCUT2D eigenvalue weighted by Gasteiger charge is 2.20. The Bertz CT molecular complexity index is 725. The van der Waals surface area contributed by atoms with Crippen molar-refractivity contribution < 1.29 is 12.6 Å². The fourth-order valence-corrected chi connectivity index (χ4v) is 3.05. The first-order valence-corrected chi connectivity index (χ1v) is 7.99. The van der Waals surface area contributed by atoms with Crippen molar-refractivity contribution in [1.29, 1.82) is 0 Å². The molecule has 2 aromatic rings. The van der Waals surface area contributed by atoms with Crippen LogP contribution in [-0.2, 0) is 14.3 Å². The molecule has 3 nitrogen and oxygen atoms in total. The first-order valence-electron chi connectivity index (χ1n) is 6.58. The lowest BCUT2D eigenvalue weighted by molar-refractivity contribution is 0.203. The summed E-state index contributed by atoms with van der Waals surface area (Å²) in [5.74, 6) is 0. The van der Waals surface area contributed by atoms with Gasteiger partial charge >= 0.3 is 0 Å². The Kier molecular flexibility index (Phi) is 3.89. The first kappa shape index (κ1) is 15.0. The summed E-state index contributed by atoms with van der Waals surface area (Å²) in [5, 5.41) is 1.97. The van der Waals surface area contributed by atoms with E-state index in [4.69, 9.17) is 4.18 Å². The van der Waals surface area contributed by atoms with Crippen molar-refractivity contribution in [2.75, 3.05) is 6.61 Å². The van der Waals surface area contributed by atoms with Crippen LogP contribution in [0.25, 0.3) is 10.8 Å². The molecule has 0 radical (unpaired) electrons. The summed E-state index contributed by atoms with van der Waals surface area (Å²) in [6, 6.07) is 10.9. The molecule has 108 valence electrons. The summed E-state index contributed by atoms with van der Waals surface area (Å²) in [5.41, 5.74) is 0.933. The molecule has 2 aromatic carbocycles. The summed E-state index contributed by atoms with van der Waals surface area (Å²) in [6.45, 7) is 7.98. The zero-order valence-corrected chi connectivity index (χ0v) is 13.1. The van der Waals surface area contributed by atoms with E-state index in [9.17, 15) is 8.42 Å². The topological polar surface area (TPSA) is 43.4 Å². The maximum Gasteiger partial charge on any atom is 0.297 e. The van der Waals surface area contributed by atoms with Crippen LogP contribution < -0.4 is 0 Å². The average molecular weight is 292 g/mol. The fraction of sp³-hybridized carbons (Fsp3) is 0.375. The largest absolute Gasteiger partial charge is 0.297 e. The zero-order chi connectivity index (χ0) is 15.0. The minimum atomic E-state index is -3.70. The van der Waals surface area contributed by atoms with Gasteiger partial charge in [0.15, 0.2) is 0 Å². The molecule has 0 aromatic heterocycles. The van der Waals surface area contributed by atoms with Gasteiger partial charge in [-0.3, -0.25) is 4.18 Å². The van der Waals surface area contributed by atoms with Crippen LogP contribution in [-0.4, -0.2) is 15.0 Å². The molecular formula is C16H20O3S. The second-order valence-corrected chi connectivity index (χ2v) is 7.85. The third kappa shape index (κ3) is 3.38. The van der Waals surface area contributed by atoms with E-state index >= 15 is 0 Å². The van der Waals surface area contributed by atoms with Gasteiger partial charge in [-0.2, -0.15) is 8.42 Å². The van der Waals surface area contributed by atoms with Crippen molar-refractivity contribution in [3.8, 4) is 0 Å². The molecule has 0 unspecified atom stereocenters.